The number of amides is 1. The number of carbonyl (C=O) groups excluding carboxylic acids is 2. The van der Waals surface area contributed by atoms with Gasteiger partial charge in [0.05, 0.1) is 31.6 Å². The molecule has 4 aromatic rings. The molecule has 0 atom stereocenters. The number of hydrazone groups is 1. The van der Waals surface area contributed by atoms with Crippen LogP contribution in [0.4, 0.5) is 0 Å². The van der Waals surface area contributed by atoms with Crippen LogP contribution in [-0.4, -0.2) is 36.9 Å². The molecule has 178 valence electrons. The van der Waals surface area contributed by atoms with E-state index in [4.69, 9.17) is 9.47 Å². The topological polar surface area (TPSA) is 81.9 Å². The van der Waals surface area contributed by atoms with Gasteiger partial charge in [0.15, 0.2) is 0 Å². The lowest BCUT2D eigenvalue weighted by molar-refractivity contribution is 0.0599. The predicted octanol–water partition coefficient (Wildman–Crippen LogP) is 5.11. The smallest absolute Gasteiger partial charge is 0.338 e. The first kappa shape index (κ1) is 23.8. The number of nitrogens with one attached hydrogen (secondary N) is 1. The third-order valence-electron chi connectivity index (χ3n) is 6.10. The van der Waals surface area contributed by atoms with E-state index < -0.39 is 0 Å². The number of nitrogens with zero attached hydrogens (tertiary/aromatic N) is 2. The first-order valence-electron chi connectivity index (χ1n) is 11.1. The van der Waals surface area contributed by atoms with Gasteiger partial charge in [0, 0.05) is 22.6 Å². The average molecular weight is 470 g/mol. The van der Waals surface area contributed by atoms with Crippen LogP contribution in [0.5, 0.6) is 5.75 Å². The summed E-state index contributed by atoms with van der Waals surface area (Å²) in [5.74, 6) is -0.254. The molecular weight excluding hydrogens is 442 g/mol. The van der Waals surface area contributed by atoms with E-state index in [0.29, 0.717) is 16.9 Å². The Labute approximate surface area is 204 Å². The van der Waals surface area contributed by atoms with Crippen molar-refractivity contribution < 1.29 is 19.1 Å². The monoisotopic (exact) mass is 469 g/mol. The Hall–Kier alpha value is -4.39. The van der Waals surface area contributed by atoms with E-state index in [1.54, 1.807) is 18.3 Å². The Kier molecular flexibility index (Phi) is 6.68. The summed E-state index contributed by atoms with van der Waals surface area (Å²) in [6.07, 6.45) is 1.61. The van der Waals surface area contributed by atoms with E-state index in [0.717, 1.165) is 39.0 Å². The summed E-state index contributed by atoms with van der Waals surface area (Å²) in [7, 11) is 2.91. The highest BCUT2D eigenvalue weighted by Gasteiger charge is 2.17. The maximum absolute atomic E-state index is 12.9. The van der Waals surface area contributed by atoms with Gasteiger partial charge in [-0.15, -0.1) is 0 Å². The van der Waals surface area contributed by atoms with Crippen LogP contribution in [0, 0.1) is 20.8 Å². The van der Waals surface area contributed by atoms with E-state index in [1.807, 2.05) is 69.3 Å². The van der Waals surface area contributed by atoms with Crippen molar-refractivity contribution in [2.45, 2.75) is 20.8 Å². The normalized spacial score (nSPS) is 11.1. The molecule has 0 spiro atoms. The lowest BCUT2D eigenvalue weighted by Crippen LogP contribution is -2.18. The molecular formula is C28H27N3O4. The molecule has 0 aliphatic heterocycles. The number of rotatable bonds is 6. The Bertz CT molecular complexity index is 1470. The minimum absolute atomic E-state index is 0.362. The second-order valence-electron chi connectivity index (χ2n) is 8.20. The molecule has 35 heavy (non-hydrogen) atoms. The number of carbonyl (C=O) groups is 2. The number of ether oxygens (including phenoxy) is 2. The number of fused-ring (bicyclic) bond motifs is 1. The summed E-state index contributed by atoms with van der Waals surface area (Å²) in [5, 5.41) is 6.13. The van der Waals surface area contributed by atoms with Gasteiger partial charge in [-0.2, -0.15) is 5.10 Å². The van der Waals surface area contributed by atoms with E-state index in [9.17, 15) is 9.59 Å². The van der Waals surface area contributed by atoms with E-state index in [1.165, 1.54) is 14.2 Å². The molecule has 0 saturated heterocycles. The second kappa shape index (κ2) is 9.85. The zero-order valence-electron chi connectivity index (χ0n) is 20.4. The maximum Gasteiger partial charge on any atom is 0.338 e. The SMILES string of the molecule is COC(=O)c1cccc(-n2c(C)cc(/C=N\NC(=O)c3cc4ccccc4cc3OC)c2C)c1C. The van der Waals surface area contributed by atoms with Gasteiger partial charge < -0.3 is 14.0 Å². The molecule has 7 heteroatoms. The van der Waals surface area contributed by atoms with Crippen LogP contribution >= 0.6 is 0 Å². The van der Waals surface area contributed by atoms with Gasteiger partial charge >= 0.3 is 5.97 Å². The average Bonchev–Trinajstić information content (AvgIpc) is 3.15. The number of hydrogen-bond donors (Lipinski definition) is 1. The summed E-state index contributed by atoms with van der Waals surface area (Å²) in [5.41, 5.74) is 7.97. The fourth-order valence-electron chi connectivity index (χ4n) is 4.27. The van der Waals surface area contributed by atoms with Crippen molar-refractivity contribution >= 4 is 28.9 Å². The molecule has 1 heterocycles. The van der Waals surface area contributed by atoms with Crippen molar-refractivity contribution in [1.82, 2.24) is 9.99 Å². The van der Waals surface area contributed by atoms with Crippen LogP contribution in [-0.2, 0) is 4.74 Å². The number of aromatic nitrogens is 1. The Morgan fingerprint density at radius 1 is 0.914 bits per heavy atom. The van der Waals surface area contributed by atoms with Crippen molar-refractivity contribution in [2.75, 3.05) is 14.2 Å². The summed E-state index contributed by atoms with van der Waals surface area (Å²) < 4.78 is 12.4. The van der Waals surface area contributed by atoms with Crippen molar-refractivity contribution in [3.05, 3.63) is 94.3 Å². The standard InChI is InChI=1S/C28H27N3O4/c1-17-13-22(19(3)31(17)25-12-8-11-23(18(25)2)28(33)35-5)16-29-30-27(32)24-14-20-9-6-7-10-21(20)15-26(24)34-4/h6-16H,1-5H3,(H,30,32)/b29-16-. The van der Waals surface area contributed by atoms with Crippen LogP contribution in [0.2, 0.25) is 0 Å². The van der Waals surface area contributed by atoms with Crippen molar-refractivity contribution in [1.29, 1.82) is 0 Å². The van der Waals surface area contributed by atoms with Gasteiger partial charge in [0.2, 0.25) is 0 Å². The zero-order chi connectivity index (χ0) is 25.1. The zero-order valence-corrected chi connectivity index (χ0v) is 20.4. The Morgan fingerprint density at radius 2 is 1.63 bits per heavy atom. The molecule has 0 aliphatic rings. The molecule has 1 N–H and O–H groups in total. The van der Waals surface area contributed by atoms with Crippen LogP contribution in [0.25, 0.3) is 16.5 Å². The molecule has 4 rings (SSSR count). The molecule has 0 bridgehead atoms. The number of esters is 1. The van der Waals surface area contributed by atoms with Gasteiger partial charge in [-0.3, -0.25) is 4.79 Å². The summed E-state index contributed by atoms with van der Waals surface area (Å²) in [6.45, 7) is 5.84. The molecule has 3 aromatic carbocycles. The van der Waals surface area contributed by atoms with Crippen LogP contribution in [0.1, 0.15) is 43.2 Å². The van der Waals surface area contributed by atoms with Crippen LogP contribution in [0.15, 0.2) is 65.8 Å². The quantitative estimate of drug-likeness (QED) is 0.242. The third kappa shape index (κ3) is 4.53. The van der Waals surface area contributed by atoms with Crippen molar-refractivity contribution in [3.8, 4) is 11.4 Å². The first-order valence-corrected chi connectivity index (χ1v) is 11.1. The highest BCUT2D eigenvalue weighted by atomic mass is 16.5. The molecule has 1 amide bonds. The molecule has 7 nitrogen and oxygen atoms in total. The summed E-state index contributed by atoms with van der Waals surface area (Å²) >= 11 is 0. The molecule has 0 radical (unpaired) electrons. The lowest BCUT2D eigenvalue weighted by Gasteiger charge is -2.15. The molecule has 0 fully saturated rings. The number of aryl methyl sites for hydroxylation is 1. The van der Waals surface area contributed by atoms with Gasteiger partial charge in [0.1, 0.15) is 5.75 Å². The van der Waals surface area contributed by atoms with Crippen LogP contribution in [0.3, 0.4) is 0 Å². The number of hydrogen-bond acceptors (Lipinski definition) is 5. The molecule has 0 saturated carbocycles. The third-order valence-corrected chi connectivity index (χ3v) is 6.10. The largest absolute Gasteiger partial charge is 0.496 e. The highest BCUT2D eigenvalue weighted by Crippen LogP contribution is 2.27. The molecule has 1 aromatic heterocycles. The second-order valence-corrected chi connectivity index (χ2v) is 8.20. The van der Waals surface area contributed by atoms with Gasteiger partial charge in [0.25, 0.3) is 5.91 Å². The Morgan fingerprint density at radius 3 is 2.31 bits per heavy atom. The van der Waals surface area contributed by atoms with E-state index in [2.05, 4.69) is 15.1 Å². The fourth-order valence-corrected chi connectivity index (χ4v) is 4.27. The predicted molar refractivity (Wildman–Crippen MR) is 137 cm³/mol. The van der Waals surface area contributed by atoms with Crippen molar-refractivity contribution in [3.63, 3.8) is 0 Å². The first-order chi connectivity index (χ1) is 16.8. The number of methoxy groups -OCH3 is 2. The minimum atomic E-state index is -0.375. The van der Waals surface area contributed by atoms with Crippen LogP contribution < -0.4 is 10.2 Å². The number of benzene rings is 3. The van der Waals surface area contributed by atoms with Gasteiger partial charge in [-0.25, -0.2) is 10.2 Å². The molecule has 0 aliphatic carbocycles. The maximum atomic E-state index is 12.9. The summed E-state index contributed by atoms with van der Waals surface area (Å²) in [6, 6.07) is 18.9. The van der Waals surface area contributed by atoms with Gasteiger partial charge in [-0.1, -0.05) is 30.3 Å². The van der Waals surface area contributed by atoms with E-state index >= 15 is 0 Å². The van der Waals surface area contributed by atoms with E-state index in [-0.39, 0.29) is 11.9 Å². The fraction of sp³-hybridized carbons (Fsp3) is 0.179. The lowest BCUT2D eigenvalue weighted by atomic mass is 10.1. The van der Waals surface area contributed by atoms with Gasteiger partial charge in [-0.05, 0) is 67.4 Å². The van der Waals surface area contributed by atoms with Crippen molar-refractivity contribution in [2.24, 2.45) is 5.10 Å². The molecule has 0 unspecified atom stereocenters. The minimum Gasteiger partial charge on any atom is -0.496 e. The Balaban J connectivity index is 1.60. The summed E-state index contributed by atoms with van der Waals surface area (Å²) in [4.78, 5) is 25.0. The highest BCUT2D eigenvalue weighted by molar-refractivity contribution is 6.02.